The van der Waals surface area contributed by atoms with Gasteiger partial charge in [-0.15, -0.1) is 22.7 Å². The van der Waals surface area contributed by atoms with Crippen LogP contribution in [0, 0.1) is 0 Å². The van der Waals surface area contributed by atoms with Crippen LogP contribution in [0.15, 0.2) is 35.4 Å². The van der Waals surface area contributed by atoms with E-state index in [1.807, 2.05) is 52.0 Å². The van der Waals surface area contributed by atoms with Crippen molar-refractivity contribution in [1.82, 2.24) is 19.6 Å². The number of hydrogen-bond acceptors (Lipinski definition) is 8. The summed E-state index contributed by atoms with van der Waals surface area (Å²) in [5, 5.41) is 0.463. The van der Waals surface area contributed by atoms with Crippen molar-refractivity contribution in [1.29, 1.82) is 0 Å². The number of carbonyl (C=O) groups is 4. The molecule has 0 saturated carbocycles. The second-order valence-electron chi connectivity index (χ2n) is 8.28. The van der Waals surface area contributed by atoms with Gasteiger partial charge in [0.15, 0.2) is 10.2 Å². The van der Waals surface area contributed by atoms with Crippen LogP contribution in [0.4, 0.5) is 0 Å². The molecule has 0 bridgehead atoms. The lowest BCUT2D eigenvalue weighted by atomic mass is 10.1. The molecule has 4 rings (SSSR count). The molecule has 4 amide bonds. The number of rotatable bonds is 7. The fraction of sp³-hybridized carbons (Fsp3) is 0.308. The van der Waals surface area contributed by atoms with E-state index in [9.17, 15) is 19.2 Å². The fourth-order valence-electron chi connectivity index (χ4n) is 4.18. The summed E-state index contributed by atoms with van der Waals surface area (Å²) in [4.78, 5) is 60.8. The average Bonchev–Trinajstić information content (AvgIpc) is 3.55. The molecule has 2 aromatic rings. The molecule has 0 N–H and O–H groups in total. The molecule has 2 fully saturated rings. The van der Waals surface area contributed by atoms with Crippen molar-refractivity contribution in [2.24, 2.45) is 0 Å². The summed E-state index contributed by atoms with van der Waals surface area (Å²) >= 11 is 13.5. The second-order valence-corrected chi connectivity index (χ2v) is 11.2. The molecule has 0 aromatic carbocycles. The van der Waals surface area contributed by atoms with Gasteiger partial charge in [0.2, 0.25) is 0 Å². The number of likely N-dealkylation sites (N-methyl/N-ethyl adjacent to an activating group) is 4. The molecule has 4 heterocycles. The minimum absolute atomic E-state index is 0.0838. The van der Waals surface area contributed by atoms with Gasteiger partial charge in [-0.25, -0.2) is 0 Å². The van der Waals surface area contributed by atoms with Crippen LogP contribution in [0.2, 0.25) is 0 Å². The normalized spacial score (nSPS) is 16.8. The maximum atomic E-state index is 12.9. The first-order valence-corrected chi connectivity index (χ1v) is 14.6. The van der Waals surface area contributed by atoms with Gasteiger partial charge in [0, 0.05) is 45.7 Å². The lowest BCUT2D eigenvalue weighted by Gasteiger charge is -2.35. The second kappa shape index (κ2) is 11.4. The highest BCUT2D eigenvalue weighted by molar-refractivity contribution is 7.80. The van der Waals surface area contributed by atoms with Gasteiger partial charge in [-0.1, -0.05) is 0 Å². The highest BCUT2D eigenvalue weighted by atomic mass is 32.1. The fourth-order valence-corrected chi connectivity index (χ4v) is 7.02. The highest BCUT2D eigenvalue weighted by Crippen LogP contribution is 2.36. The molecular formula is C26H26N4O4S4. The maximum absolute atomic E-state index is 12.9. The third-order valence-corrected chi connectivity index (χ3v) is 9.30. The van der Waals surface area contributed by atoms with Gasteiger partial charge in [0.25, 0.3) is 23.6 Å². The van der Waals surface area contributed by atoms with E-state index >= 15 is 0 Å². The van der Waals surface area contributed by atoms with Gasteiger partial charge < -0.3 is 0 Å². The molecule has 8 nitrogen and oxygen atoms in total. The number of nitrogens with zero attached hydrogens (tertiary/aromatic N) is 4. The predicted molar refractivity (Wildman–Crippen MR) is 158 cm³/mol. The van der Waals surface area contributed by atoms with Gasteiger partial charge in [-0.3, -0.25) is 38.8 Å². The molecule has 0 atom stereocenters. The van der Waals surface area contributed by atoms with Gasteiger partial charge in [0.1, 0.15) is 11.1 Å². The Morgan fingerprint density at radius 2 is 0.868 bits per heavy atom. The minimum Gasteiger partial charge on any atom is -0.285 e. The van der Waals surface area contributed by atoms with Crippen LogP contribution in [0.25, 0.3) is 21.9 Å². The van der Waals surface area contributed by atoms with Crippen molar-refractivity contribution in [3.05, 3.63) is 45.2 Å². The third kappa shape index (κ3) is 4.89. The van der Waals surface area contributed by atoms with E-state index < -0.39 is 23.6 Å². The predicted octanol–water partition coefficient (Wildman–Crippen LogP) is 4.23. The van der Waals surface area contributed by atoms with Crippen molar-refractivity contribution >= 4 is 93.1 Å². The molecule has 198 valence electrons. The number of carbonyl (C=O) groups excluding carboxylic acids is 4. The Kier molecular flexibility index (Phi) is 8.36. The van der Waals surface area contributed by atoms with Crippen LogP contribution < -0.4 is 0 Å². The van der Waals surface area contributed by atoms with E-state index in [0.29, 0.717) is 26.2 Å². The SMILES string of the molecule is CCN1C(=O)C(=Cc2ccc(-c3ccc(C=C4C(=O)N(CC)C(=S)N(CC)C4=O)s3)s2)C(=O)N(CC)C1=S. The molecule has 2 aliphatic heterocycles. The minimum atomic E-state index is -0.393. The van der Waals surface area contributed by atoms with Crippen molar-refractivity contribution in [2.45, 2.75) is 27.7 Å². The Balaban J connectivity index is 1.61. The van der Waals surface area contributed by atoms with Crippen LogP contribution in [0.5, 0.6) is 0 Å². The molecule has 0 unspecified atom stereocenters. The van der Waals surface area contributed by atoms with Crippen LogP contribution in [0.1, 0.15) is 37.4 Å². The zero-order valence-electron chi connectivity index (χ0n) is 21.3. The average molecular weight is 587 g/mol. The highest BCUT2D eigenvalue weighted by Gasteiger charge is 2.39. The Morgan fingerprint density at radius 3 is 1.13 bits per heavy atom. The maximum Gasteiger partial charge on any atom is 0.265 e. The summed E-state index contributed by atoms with van der Waals surface area (Å²) < 4.78 is 0. The van der Waals surface area contributed by atoms with Crippen molar-refractivity contribution in [2.75, 3.05) is 26.2 Å². The van der Waals surface area contributed by atoms with Crippen molar-refractivity contribution in [3.8, 4) is 9.75 Å². The van der Waals surface area contributed by atoms with E-state index in [-0.39, 0.29) is 21.4 Å². The molecule has 38 heavy (non-hydrogen) atoms. The molecule has 0 spiro atoms. The van der Waals surface area contributed by atoms with Gasteiger partial charge in [-0.05, 0) is 88.5 Å². The molecule has 2 saturated heterocycles. The van der Waals surface area contributed by atoms with Crippen LogP contribution in [0.3, 0.4) is 0 Å². The Labute approximate surface area is 239 Å². The summed E-state index contributed by atoms with van der Waals surface area (Å²) in [6.45, 7) is 8.80. The van der Waals surface area contributed by atoms with Crippen LogP contribution in [-0.2, 0) is 19.2 Å². The first kappa shape index (κ1) is 28.0. The molecule has 2 aliphatic rings. The summed E-state index contributed by atoms with van der Waals surface area (Å²) in [6, 6.07) is 7.56. The summed E-state index contributed by atoms with van der Waals surface area (Å²) in [6.07, 6.45) is 3.23. The standard InChI is InChI=1S/C26H26N4O4S4/c1-5-27-21(31)17(22(32)28(6-2)25(27)35)13-15-9-11-19(37-15)20-12-10-16(38-20)14-18-23(33)29(7-3)26(36)30(8-4)24(18)34/h9-14H,5-8H2,1-4H3. The van der Waals surface area contributed by atoms with Gasteiger partial charge >= 0.3 is 0 Å². The molecule has 0 aliphatic carbocycles. The first-order valence-electron chi connectivity index (χ1n) is 12.1. The van der Waals surface area contributed by atoms with E-state index in [2.05, 4.69) is 0 Å². The van der Waals surface area contributed by atoms with E-state index in [4.69, 9.17) is 24.4 Å². The number of hydrogen-bond donors (Lipinski definition) is 0. The van der Waals surface area contributed by atoms with E-state index in [1.54, 1.807) is 12.2 Å². The van der Waals surface area contributed by atoms with Gasteiger partial charge in [-0.2, -0.15) is 0 Å². The Morgan fingerprint density at radius 1 is 0.579 bits per heavy atom. The zero-order valence-corrected chi connectivity index (χ0v) is 24.6. The lowest BCUT2D eigenvalue weighted by molar-refractivity contribution is -0.135. The summed E-state index contributed by atoms with van der Waals surface area (Å²) in [7, 11) is 0. The monoisotopic (exact) mass is 586 g/mol. The van der Waals surface area contributed by atoms with Crippen LogP contribution >= 0.6 is 47.1 Å². The quantitative estimate of drug-likeness (QED) is 0.274. The number of thiophene rings is 2. The van der Waals surface area contributed by atoms with Gasteiger partial charge in [0.05, 0.1) is 0 Å². The first-order chi connectivity index (χ1) is 18.2. The van der Waals surface area contributed by atoms with Crippen LogP contribution in [-0.4, -0.2) is 79.6 Å². The number of thiocarbonyl (C=S) groups is 2. The Hall–Kier alpha value is -3.06. The Bertz CT molecular complexity index is 1260. The van der Waals surface area contributed by atoms with E-state index in [1.165, 1.54) is 42.3 Å². The summed E-state index contributed by atoms with van der Waals surface area (Å²) in [5.74, 6) is -1.57. The van der Waals surface area contributed by atoms with E-state index in [0.717, 1.165) is 19.5 Å². The van der Waals surface area contributed by atoms with Crippen molar-refractivity contribution in [3.63, 3.8) is 0 Å². The topological polar surface area (TPSA) is 81.2 Å². The summed E-state index contributed by atoms with van der Waals surface area (Å²) in [5.41, 5.74) is 0.168. The lowest BCUT2D eigenvalue weighted by Crippen LogP contribution is -2.55. The molecular weight excluding hydrogens is 561 g/mol. The zero-order chi connectivity index (χ0) is 27.7. The number of amides is 4. The largest absolute Gasteiger partial charge is 0.285 e. The molecule has 0 radical (unpaired) electrons. The third-order valence-electron chi connectivity index (χ3n) is 6.16. The van der Waals surface area contributed by atoms with Crippen molar-refractivity contribution < 1.29 is 19.2 Å². The smallest absolute Gasteiger partial charge is 0.265 e. The molecule has 12 heteroatoms. The molecule has 2 aromatic heterocycles.